The molecular formula is C31H36N6O3. The van der Waals surface area contributed by atoms with E-state index in [1.54, 1.807) is 6.20 Å². The molecule has 2 aromatic heterocycles. The number of para-hydroxylation sites is 1. The lowest BCUT2D eigenvalue weighted by atomic mass is 9.78. The molecule has 0 aliphatic carbocycles. The van der Waals surface area contributed by atoms with E-state index in [1.807, 2.05) is 63.7 Å². The molecule has 9 heteroatoms. The van der Waals surface area contributed by atoms with Crippen LogP contribution >= 0.6 is 0 Å². The lowest BCUT2D eigenvalue weighted by Gasteiger charge is -2.37. The summed E-state index contributed by atoms with van der Waals surface area (Å²) in [6.07, 6.45) is 8.12. The molecule has 7 rings (SSSR count). The summed E-state index contributed by atoms with van der Waals surface area (Å²) in [5.41, 5.74) is 3.75. The fourth-order valence-corrected chi connectivity index (χ4v) is 7.77. The smallest absolute Gasteiger partial charge is 0.253 e. The molecule has 9 nitrogen and oxygen atoms in total. The number of aromatic nitrogens is 2. The van der Waals surface area contributed by atoms with E-state index in [4.69, 9.17) is 0 Å². The standard InChI is InChI=1S/C31H36N6O3/c1-21-8-4-15-35-23(20-33-28(21)35)19-27(38)34-13-6-12-32-29(39)25-18-22-9-5-17-37(22)31(25)24-10-2-3-11-26(24)36(30(31)40)16-7-14-34/h2-4,8,10-11,15,20,22,25H,5-7,9,12-14,16-19H2,1H3,(H,32,39)/t22-,25+,31+/m0/s1. The Morgan fingerprint density at radius 3 is 2.80 bits per heavy atom. The van der Waals surface area contributed by atoms with Crippen molar-refractivity contribution in [3.8, 4) is 0 Å². The molecule has 6 heterocycles. The Balaban J connectivity index is 1.17. The fourth-order valence-electron chi connectivity index (χ4n) is 7.77. The lowest BCUT2D eigenvalue weighted by molar-refractivity contribution is -0.138. The number of nitrogens with one attached hydrogen (secondary N) is 1. The topological polar surface area (TPSA) is 90.3 Å². The molecule has 3 fully saturated rings. The zero-order valence-electron chi connectivity index (χ0n) is 23.0. The van der Waals surface area contributed by atoms with E-state index in [2.05, 4.69) is 15.2 Å². The van der Waals surface area contributed by atoms with Crippen LogP contribution in [0.2, 0.25) is 0 Å². The average Bonchev–Trinajstić information content (AvgIpc) is 3.70. The fraction of sp³-hybridized carbons (Fsp3) is 0.484. The minimum atomic E-state index is -0.924. The normalized spacial score (nSPS) is 27.0. The third-order valence-electron chi connectivity index (χ3n) is 9.54. The minimum Gasteiger partial charge on any atom is -0.356 e. The van der Waals surface area contributed by atoms with Crippen LogP contribution in [0.1, 0.15) is 48.9 Å². The Morgan fingerprint density at radius 2 is 1.90 bits per heavy atom. The van der Waals surface area contributed by atoms with Crippen LogP contribution < -0.4 is 10.2 Å². The summed E-state index contributed by atoms with van der Waals surface area (Å²) in [5.74, 6) is -0.395. The summed E-state index contributed by atoms with van der Waals surface area (Å²) in [4.78, 5) is 52.4. The number of carbonyl (C=O) groups is 3. The zero-order valence-corrected chi connectivity index (χ0v) is 23.0. The van der Waals surface area contributed by atoms with Crippen LogP contribution in [0.15, 0.2) is 48.8 Å². The molecule has 208 valence electrons. The van der Waals surface area contributed by atoms with Crippen LogP contribution in [0.4, 0.5) is 5.69 Å². The van der Waals surface area contributed by atoms with Crippen molar-refractivity contribution in [2.24, 2.45) is 5.92 Å². The van der Waals surface area contributed by atoms with Gasteiger partial charge in [-0.25, -0.2) is 4.98 Å². The van der Waals surface area contributed by atoms with Gasteiger partial charge < -0.3 is 19.5 Å². The molecule has 0 saturated carbocycles. The third kappa shape index (κ3) is 3.70. The summed E-state index contributed by atoms with van der Waals surface area (Å²) < 4.78 is 1.98. The Morgan fingerprint density at radius 1 is 1.05 bits per heavy atom. The van der Waals surface area contributed by atoms with Gasteiger partial charge in [-0.2, -0.15) is 0 Å². The second kappa shape index (κ2) is 9.73. The van der Waals surface area contributed by atoms with Crippen molar-refractivity contribution in [3.05, 3.63) is 65.6 Å². The summed E-state index contributed by atoms with van der Waals surface area (Å²) in [7, 11) is 0. The number of anilines is 1. The molecule has 0 unspecified atom stereocenters. The zero-order chi connectivity index (χ0) is 27.4. The highest BCUT2D eigenvalue weighted by atomic mass is 16.2. The van der Waals surface area contributed by atoms with E-state index in [0.717, 1.165) is 47.5 Å². The average molecular weight is 541 g/mol. The number of fused-ring (bicyclic) bond motifs is 5. The van der Waals surface area contributed by atoms with Gasteiger partial charge in [-0.05, 0) is 63.3 Å². The van der Waals surface area contributed by atoms with Crippen molar-refractivity contribution in [2.45, 2.75) is 57.0 Å². The Bertz CT molecular complexity index is 1500. The predicted molar refractivity (Wildman–Crippen MR) is 151 cm³/mol. The lowest BCUT2D eigenvalue weighted by Crippen LogP contribution is -2.56. The molecule has 3 saturated heterocycles. The molecule has 4 aliphatic rings. The maximum absolute atomic E-state index is 14.5. The molecule has 1 aromatic carbocycles. The number of amides is 3. The van der Waals surface area contributed by atoms with Crippen LogP contribution in [-0.4, -0.2) is 75.7 Å². The monoisotopic (exact) mass is 540 g/mol. The second-order valence-electron chi connectivity index (χ2n) is 11.7. The maximum atomic E-state index is 14.5. The van der Waals surface area contributed by atoms with Gasteiger partial charge in [0.05, 0.1) is 18.0 Å². The molecule has 3 atom stereocenters. The van der Waals surface area contributed by atoms with Crippen LogP contribution in [0, 0.1) is 12.8 Å². The summed E-state index contributed by atoms with van der Waals surface area (Å²) in [6, 6.07) is 12.3. The van der Waals surface area contributed by atoms with Crippen LogP contribution in [0.3, 0.4) is 0 Å². The van der Waals surface area contributed by atoms with Crippen molar-refractivity contribution in [2.75, 3.05) is 37.6 Å². The maximum Gasteiger partial charge on any atom is 0.253 e. The van der Waals surface area contributed by atoms with E-state index in [0.29, 0.717) is 45.4 Å². The molecule has 1 spiro atoms. The summed E-state index contributed by atoms with van der Waals surface area (Å²) in [6.45, 7) is 4.97. The van der Waals surface area contributed by atoms with Gasteiger partial charge in [0.15, 0.2) is 0 Å². The predicted octanol–water partition coefficient (Wildman–Crippen LogP) is 2.65. The Hall–Kier alpha value is -3.72. The van der Waals surface area contributed by atoms with Crippen molar-refractivity contribution in [3.63, 3.8) is 0 Å². The van der Waals surface area contributed by atoms with E-state index in [-0.39, 0.29) is 30.2 Å². The molecule has 2 bridgehead atoms. The number of nitrogens with zero attached hydrogens (tertiary/aromatic N) is 5. The van der Waals surface area contributed by atoms with Crippen molar-refractivity contribution < 1.29 is 14.4 Å². The van der Waals surface area contributed by atoms with Crippen molar-refractivity contribution in [1.82, 2.24) is 24.5 Å². The number of pyridine rings is 1. The molecule has 4 aliphatic heterocycles. The number of imidazole rings is 1. The number of hydrogen-bond acceptors (Lipinski definition) is 5. The van der Waals surface area contributed by atoms with Gasteiger partial charge in [-0.3, -0.25) is 19.3 Å². The molecule has 0 radical (unpaired) electrons. The van der Waals surface area contributed by atoms with E-state index < -0.39 is 11.5 Å². The van der Waals surface area contributed by atoms with Crippen LogP contribution in [0.25, 0.3) is 5.65 Å². The molecular weight excluding hydrogens is 504 g/mol. The molecule has 3 amide bonds. The van der Waals surface area contributed by atoms with Gasteiger partial charge in [-0.1, -0.05) is 24.3 Å². The van der Waals surface area contributed by atoms with E-state index in [9.17, 15) is 14.4 Å². The van der Waals surface area contributed by atoms with Crippen molar-refractivity contribution >= 4 is 29.1 Å². The highest BCUT2D eigenvalue weighted by Gasteiger charge is 2.67. The Labute approximate surface area is 234 Å². The van der Waals surface area contributed by atoms with Crippen molar-refractivity contribution in [1.29, 1.82) is 0 Å². The quantitative estimate of drug-likeness (QED) is 0.540. The largest absolute Gasteiger partial charge is 0.356 e. The van der Waals surface area contributed by atoms with Gasteiger partial charge >= 0.3 is 0 Å². The number of carbonyl (C=O) groups excluding carboxylic acids is 3. The van der Waals surface area contributed by atoms with Gasteiger partial charge in [0.1, 0.15) is 11.2 Å². The number of hydrogen-bond donors (Lipinski definition) is 1. The summed E-state index contributed by atoms with van der Waals surface area (Å²) >= 11 is 0. The number of aryl methyl sites for hydroxylation is 1. The van der Waals surface area contributed by atoms with Gasteiger partial charge in [0.25, 0.3) is 5.91 Å². The SMILES string of the molecule is Cc1cccn2c(CC(=O)N3CCCNC(=O)[C@H]4C[C@@H]5CCCN5[C@@]45C(=O)N(CCC3)c3ccccc35)cnc12. The first-order chi connectivity index (χ1) is 19.5. The van der Waals surface area contributed by atoms with Gasteiger partial charge in [0.2, 0.25) is 11.8 Å². The second-order valence-corrected chi connectivity index (χ2v) is 11.7. The first kappa shape index (κ1) is 25.3. The highest BCUT2D eigenvalue weighted by Crippen LogP contribution is 2.57. The number of benzene rings is 1. The molecule has 3 aromatic rings. The van der Waals surface area contributed by atoms with E-state index >= 15 is 0 Å². The minimum absolute atomic E-state index is 0.0245. The first-order valence-electron chi connectivity index (χ1n) is 14.7. The van der Waals surface area contributed by atoms with Crippen LogP contribution in [-0.2, 0) is 26.3 Å². The third-order valence-corrected chi connectivity index (χ3v) is 9.54. The summed E-state index contributed by atoms with van der Waals surface area (Å²) in [5, 5.41) is 3.16. The van der Waals surface area contributed by atoms with Gasteiger partial charge in [-0.15, -0.1) is 0 Å². The molecule has 40 heavy (non-hydrogen) atoms. The van der Waals surface area contributed by atoms with Crippen LogP contribution in [0.5, 0.6) is 0 Å². The van der Waals surface area contributed by atoms with E-state index in [1.165, 1.54) is 0 Å². The number of rotatable bonds is 2. The Kier molecular flexibility index (Phi) is 6.14. The first-order valence-corrected chi connectivity index (χ1v) is 14.7. The highest BCUT2D eigenvalue weighted by molar-refractivity contribution is 6.10. The van der Waals surface area contributed by atoms with Gasteiger partial charge in [0, 0.05) is 55.9 Å². The molecule has 1 N–H and O–H groups in total.